The Balaban J connectivity index is 1.77. The van der Waals surface area contributed by atoms with Crippen LogP contribution in [0.25, 0.3) is 55.1 Å². The van der Waals surface area contributed by atoms with Crippen LogP contribution >= 0.6 is 0 Å². The van der Waals surface area contributed by atoms with Crippen molar-refractivity contribution in [3.05, 3.63) is 127 Å². The summed E-state index contributed by atoms with van der Waals surface area (Å²) in [6, 6.07) is 41.3. The normalized spacial score (nSPS) is 11.2. The Labute approximate surface area is 194 Å². The molecule has 0 atom stereocenters. The molecule has 5 aromatic carbocycles. The van der Waals surface area contributed by atoms with Gasteiger partial charge in [0.15, 0.2) is 0 Å². The lowest BCUT2D eigenvalue weighted by molar-refractivity contribution is 1.27. The van der Waals surface area contributed by atoms with Crippen molar-refractivity contribution in [2.75, 3.05) is 0 Å². The molecular weight excluding hydrogens is 398 g/mol. The van der Waals surface area contributed by atoms with Crippen molar-refractivity contribution in [1.82, 2.24) is 4.98 Å². The molecule has 0 aliphatic carbocycles. The topological polar surface area (TPSA) is 12.9 Å². The van der Waals surface area contributed by atoms with Crippen LogP contribution in [-0.2, 0) is 0 Å². The van der Waals surface area contributed by atoms with Gasteiger partial charge in [0, 0.05) is 11.8 Å². The van der Waals surface area contributed by atoms with Crippen molar-refractivity contribution >= 4 is 21.5 Å². The average Bonchev–Trinajstić information content (AvgIpc) is 2.88. The first kappa shape index (κ1) is 19.5. The van der Waals surface area contributed by atoms with Crippen LogP contribution in [0, 0.1) is 6.92 Å². The summed E-state index contributed by atoms with van der Waals surface area (Å²) in [6.45, 7) is 2.07. The maximum absolute atomic E-state index is 4.70. The van der Waals surface area contributed by atoms with E-state index in [0.717, 1.165) is 11.3 Å². The summed E-state index contributed by atoms with van der Waals surface area (Å²) < 4.78 is 0. The van der Waals surface area contributed by atoms with Crippen LogP contribution in [0.15, 0.2) is 121 Å². The van der Waals surface area contributed by atoms with E-state index in [0.29, 0.717) is 0 Å². The predicted molar refractivity (Wildman–Crippen MR) is 140 cm³/mol. The van der Waals surface area contributed by atoms with Gasteiger partial charge in [-0.1, -0.05) is 103 Å². The Morgan fingerprint density at radius 3 is 1.58 bits per heavy atom. The van der Waals surface area contributed by atoms with Gasteiger partial charge in [-0.05, 0) is 68.4 Å². The minimum Gasteiger partial charge on any atom is -0.256 e. The van der Waals surface area contributed by atoms with Crippen LogP contribution in [0.5, 0.6) is 0 Å². The number of aromatic nitrogens is 1. The fraction of sp³-hybridized carbons (Fsp3) is 0.0312. The smallest absolute Gasteiger partial charge is 0.0702 e. The van der Waals surface area contributed by atoms with Crippen molar-refractivity contribution in [1.29, 1.82) is 0 Å². The van der Waals surface area contributed by atoms with Crippen LogP contribution in [-0.4, -0.2) is 4.98 Å². The molecule has 0 aliphatic rings. The fourth-order valence-electron chi connectivity index (χ4n) is 4.81. The highest BCUT2D eigenvalue weighted by molar-refractivity contribution is 6.21. The van der Waals surface area contributed by atoms with E-state index in [2.05, 4.69) is 122 Å². The van der Waals surface area contributed by atoms with Gasteiger partial charge in [0.05, 0.1) is 5.69 Å². The molecule has 6 rings (SSSR count). The summed E-state index contributed by atoms with van der Waals surface area (Å²) in [5, 5.41) is 5.05. The molecule has 0 unspecified atom stereocenters. The van der Waals surface area contributed by atoms with Crippen LogP contribution < -0.4 is 0 Å². The fourth-order valence-corrected chi connectivity index (χ4v) is 4.81. The van der Waals surface area contributed by atoms with E-state index in [9.17, 15) is 0 Å². The number of benzene rings is 5. The SMILES string of the molecule is Cc1ccc(-c2ccc3c(-c4ccccc4)c4ccccc4c(-c4ccccc4)c3c2)nc1. The monoisotopic (exact) mass is 421 g/mol. The van der Waals surface area contributed by atoms with Crippen LogP contribution in [0.1, 0.15) is 5.56 Å². The molecule has 0 aliphatic heterocycles. The molecule has 0 spiro atoms. The van der Waals surface area contributed by atoms with Crippen molar-refractivity contribution in [2.45, 2.75) is 6.92 Å². The quantitative estimate of drug-likeness (QED) is 0.260. The summed E-state index contributed by atoms with van der Waals surface area (Å²) in [6.07, 6.45) is 1.94. The van der Waals surface area contributed by atoms with E-state index >= 15 is 0 Å². The summed E-state index contributed by atoms with van der Waals surface area (Å²) in [7, 11) is 0. The average molecular weight is 422 g/mol. The van der Waals surface area contributed by atoms with Crippen molar-refractivity contribution < 1.29 is 0 Å². The number of nitrogens with zero attached hydrogens (tertiary/aromatic N) is 1. The number of rotatable bonds is 3. The number of fused-ring (bicyclic) bond motifs is 2. The van der Waals surface area contributed by atoms with Crippen molar-refractivity contribution in [2.24, 2.45) is 0 Å². The Bertz CT molecular complexity index is 1580. The number of hydrogen-bond donors (Lipinski definition) is 0. The zero-order valence-electron chi connectivity index (χ0n) is 18.5. The Morgan fingerprint density at radius 2 is 1.00 bits per heavy atom. The summed E-state index contributed by atoms with van der Waals surface area (Å²) >= 11 is 0. The molecule has 1 heterocycles. The lowest BCUT2D eigenvalue weighted by Gasteiger charge is -2.18. The van der Waals surface area contributed by atoms with Gasteiger partial charge in [-0.2, -0.15) is 0 Å². The highest BCUT2D eigenvalue weighted by atomic mass is 14.7. The second-order valence-corrected chi connectivity index (χ2v) is 8.51. The highest BCUT2D eigenvalue weighted by Gasteiger charge is 2.17. The molecule has 1 nitrogen and oxygen atoms in total. The molecule has 0 amide bonds. The molecule has 0 N–H and O–H groups in total. The van der Waals surface area contributed by atoms with E-state index < -0.39 is 0 Å². The van der Waals surface area contributed by atoms with Crippen LogP contribution in [0.4, 0.5) is 0 Å². The zero-order valence-corrected chi connectivity index (χ0v) is 18.5. The Kier molecular flexibility index (Phi) is 4.74. The lowest BCUT2D eigenvalue weighted by atomic mass is 9.85. The maximum Gasteiger partial charge on any atom is 0.0702 e. The third-order valence-corrected chi connectivity index (χ3v) is 6.36. The third-order valence-electron chi connectivity index (χ3n) is 6.36. The van der Waals surface area contributed by atoms with Gasteiger partial charge in [-0.3, -0.25) is 4.98 Å². The van der Waals surface area contributed by atoms with Gasteiger partial charge in [0.2, 0.25) is 0 Å². The molecule has 6 aromatic rings. The largest absolute Gasteiger partial charge is 0.256 e. The summed E-state index contributed by atoms with van der Waals surface area (Å²) in [4.78, 5) is 4.70. The first-order valence-electron chi connectivity index (χ1n) is 11.3. The molecule has 0 saturated heterocycles. The van der Waals surface area contributed by atoms with Gasteiger partial charge < -0.3 is 0 Å². The van der Waals surface area contributed by atoms with Crippen molar-refractivity contribution in [3.63, 3.8) is 0 Å². The number of pyridine rings is 1. The molecule has 1 heteroatoms. The first-order chi connectivity index (χ1) is 16.3. The minimum absolute atomic E-state index is 0.996. The zero-order chi connectivity index (χ0) is 22.2. The van der Waals surface area contributed by atoms with E-state index in [1.165, 1.54) is 49.4 Å². The van der Waals surface area contributed by atoms with Gasteiger partial charge in [-0.25, -0.2) is 0 Å². The second-order valence-electron chi connectivity index (χ2n) is 8.51. The van der Waals surface area contributed by atoms with Gasteiger partial charge >= 0.3 is 0 Å². The molecule has 0 radical (unpaired) electrons. The predicted octanol–water partition coefficient (Wildman–Crippen LogP) is 8.70. The second kappa shape index (κ2) is 8.03. The molecule has 33 heavy (non-hydrogen) atoms. The van der Waals surface area contributed by atoms with Crippen LogP contribution in [0.2, 0.25) is 0 Å². The van der Waals surface area contributed by atoms with Gasteiger partial charge in [0.1, 0.15) is 0 Å². The van der Waals surface area contributed by atoms with E-state index in [-0.39, 0.29) is 0 Å². The minimum atomic E-state index is 0.996. The Morgan fingerprint density at radius 1 is 0.455 bits per heavy atom. The third kappa shape index (κ3) is 3.39. The van der Waals surface area contributed by atoms with E-state index in [1.807, 2.05) is 6.20 Å². The molecular formula is C32H23N. The van der Waals surface area contributed by atoms with Crippen molar-refractivity contribution in [3.8, 4) is 33.5 Å². The molecule has 0 bridgehead atoms. The highest BCUT2D eigenvalue weighted by Crippen LogP contribution is 2.44. The molecule has 0 fully saturated rings. The summed E-state index contributed by atoms with van der Waals surface area (Å²) in [5.41, 5.74) is 8.32. The van der Waals surface area contributed by atoms with Gasteiger partial charge in [-0.15, -0.1) is 0 Å². The van der Waals surface area contributed by atoms with E-state index in [1.54, 1.807) is 0 Å². The van der Waals surface area contributed by atoms with E-state index in [4.69, 9.17) is 4.98 Å². The summed E-state index contributed by atoms with van der Waals surface area (Å²) in [5.74, 6) is 0. The Hall–Kier alpha value is -4.23. The molecule has 156 valence electrons. The maximum atomic E-state index is 4.70. The van der Waals surface area contributed by atoms with Crippen LogP contribution in [0.3, 0.4) is 0 Å². The standard InChI is InChI=1S/C32H23N/c1-22-16-19-30(33-21-22)25-17-18-28-29(20-25)32(24-12-6-3-7-13-24)27-15-9-8-14-26(27)31(28)23-10-4-2-5-11-23/h2-21H,1H3. The van der Waals surface area contributed by atoms with Gasteiger partial charge in [0.25, 0.3) is 0 Å². The molecule has 0 saturated carbocycles. The number of hydrogen-bond acceptors (Lipinski definition) is 1. The molecule has 1 aromatic heterocycles. The number of aryl methyl sites for hydroxylation is 1. The lowest BCUT2D eigenvalue weighted by Crippen LogP contribution is -1.92. The first-order valence-corrected chi connectivity index (χ1v) is 11.3.